The van der Waals surface area contributed by atoms with Gasteiger partial charge in [-0.2, -0.15) is 0 Å². The highest BCUT2D eigenvalue weighted by atomic mass is 19.1. The summed E-state index contributed by atoms with van der Waals surface area (Å²) in [6.07, 6.45) is 5.47. The van der Waals surface area contributed by atoms with Crippen molar-refractivity contribution >= 4 is 5.95 Å². The van der Waals surface area contributed by atoms with Crippen molar-refractivity contribution in [3.63, 3.8) is 0 Å². The highest BCUT2D eigenvalue weighted by Crippen LogP contribution is 2.32. The highest BCUT2D eigenvalue weighted by molar-refractivity contribution is 5.36. The second-order valence-electron chi connectivity index (χ2n) is 6.27. The molecule has 0 radical (unpaired) electrons. The van der Waals surface area contributed by atoms with Crippen LogP contribution in [0.15, 0.2) is 30.6 Å². The van der Waals surface area contributed by atoms with Crippen molar-refractivity contribution in [2.24, 2.45) is 0 Å². The number of aromatic nitrogens is 2. The van der Waals surface area contributed by atoms with Gasteiger partial charge in [0.25, 0.3) is 0 Å². The standard InChI is InChI=1S/C18H21FN4O/c19-16-3-1-2-15-14(16)4-5-17(15)20-10-13-11-21-18(22-12-13)23-6-8-24-9-7-23/h1-3,11-12,17,20H,4-10H2/t17-/m0/s1. The molecule has 1 aromatic carbocycles. The molecule has 0 unspecified atom stereocenters. The zero-order valence-electron chi connectivity index (χ0n) is 13.5. The van der Waals surface area contributed by atoms with E-state index in [0.717, 1.165) is 61.8 Å². The Labute approximate surface area is 140 Å². The summed E-state index contributed by atoms with van der Waals surface area (Å²) < 4.78 is 19.1. The van der Waals surface area contributed by atoms with Gasteiger partial charge in [0.15, 0.2) is 0 Å². The summed E-state index contributed by atoms with van der Waals surface area (Å²) in [6, 6.07) is 5.55. The maximum Gasteiger partial charge on any atom is 0.225 e. The Hall–Kier alpha value is -2.05. The van der Waals surface area contributed by atoms with Gasteiger partial charge >= 0.3 is 0 Å². The molecule has 0 saturated carbocycles. The molecule has 1 fully saturated rings. The first-order valence-corrected chi connectivity index (χ1v) is 8.45. The molecular weight excluding hydrogens is 307 g/mol. The molecule has 0 bridgehead atoms. The first kappa shape index (κ1) is 15.5. The van der Waals surface area contributed by atoms with Crippen LogP contribution in [0.25, 0.3) is 0 Å². The van der Waals surface area contributed by atoms with Crippen LogP contribution in [0.5, 0.6) is 0 Å². The lowest BCUT2D eigenvalue weighted by Gasteiger charge is -2.26. The number of hydrogen-bond donors (Lipinski definition) is 1. The Morgan fingerprint density at radius 1 is 1.21 bits per heavy atom. The van der Waals surface area contributed by atoms with Crippen LogP contribution >= 0.6 is 0 Å². The van der Waals surface area contributed by atoms with E-state index in [1.54, 1.807) is 12.1 Å². The van der Waals surface area contributed by atoms with Crippen LogP contribution in [0.1, 0.15) is 29.2 Å². The van der Waals surface area contributed by atoms with Crippen molar-refractivity contribution in [1.82, 2.24) is 15.3 Å². The second-order valence-corrected chi connectivity index (χ2v) is 6.27. The van der Waals surface area contributed by atoms with Crippen molar-refractivity contribution in [2.45, 2.75) is 25.4 Å². The van der Waals surface area contributed by atoms with Gasteiger partial charge in [-0.05, 0) is 30.0 Å². The number of nitrogens with one attached hydrogen (secondary N) is 1. The number of anilines is 1. The summed E-state index contributed by atoms with van der Waals surface area (Å²) in [4.78, 5) is 11.1. The third-order valence-electron chi connectivity index (χ3n) is 4.75. The van der Waals surface area contributed by atoms with Gasteiger partial charge < -0.3 is 15.0 Å². The molecule has 4 rings (SSSR count). The molecule has 0 amide bonds. The molecule has 1 atom stereocenters. The summed E-state index contributed by atoms with van der Waals surface area (Å²) >= 11 is 0. The zero-order chi connectivity index (χ0) is 16.4. The number of benzene rings is 1. The van der Waals surface area contributed by atoms with E-state index in [0.29, 0.717) is 6.54 Å². The summed E-state index contributed by atoms with van der Waals surface area (Å²) in [5.74, 6) is 0.672. The van der Waals surface area contributed by atoms with Crippen molar-refractivity contribution in [1.29, 1.82) is 0 Å². The van der Waals surface area contributed by atoms with Crippen molar-refractivity contribution in [3.05, 3.63) is 53.1 Å². The topological polar surface area (TPSA) is 50.3 Å². The number of morpholine rings is 1. The quantitative estimate of drug-likeness (QED) is 0.933. The Kier molecular flexibility index (Phi) is 4.40. The molecular formula is C18H21FN4O. The number of fused-ring (bicyclic) bond motifs is 1. The fourth-order valence-electron chi connectivity index (χ4n) is 3.43. The molecule has 1 aliphatic carbocycles. The van der Waals surface area contributed by atoms with Gasteiger partial charge in [-0.15, -0.1) is 0 Å². The maximum absolute atomic E-state index is 13.8. The SMILES string of the molecule is Fc1cccc2c1CC[C@@H]2NCc1cnc(N2CCOCC2)nc1. The van der Waals surface area contributed by atoms with Gasteiger partial charge in [0.2, 0.25) is 5.95 Å². The lowest BCUT2D eigenvalue weighted by molar-refractivity contribution is 0.122. The lowest BCUT2D eigenvalue weighted by Crippen LogP contribution is -2.37. The third kappa shape index (κ3) is 3.12. The van der Waals surface area contributed by atoms with Gasteiger partial charge in [-0.25, -0.2) is 14.4 Å². The fraction of sp³-hybridized carbons (Fsp3) is 0.444. The number of nitrogens with zero attached hydrogens (tertiary/aromatic N) is 3. The van der Waals surface area contributed by atoms with Crippen molar-refractivity contribution < 1.29 is 9.13 Å². The van der Waals surface area contributed by atoms with Gasteiger partial charge in [-0.3, -0.25) is 0 Å². The van der Waals surface area contributed by atoms with Crippen LogP contribution in [0, 0.1) is 5.82 Å². The summed E-state index contributed by atoms with van der Waals surface area (Å²) in [5.41, 5.74) is 2.98. The number of halogens is 1. The minimum absolute atomic E-state index is 0.0880. The van der Waals surface area contributed by atoms with E-state index in [2.05, 4.69) is 20.2 Å². The molecule has 2 heterocycles. The minimum atomic E-state index is -0.0880. The average molecular weight is 328 g/mol. The predicted octanol–water partition coefficient (Wildman–Crippen LogP) is 2.23. The summed E-state index contributed by atoms with van der Waals surface area (Å²) in [5, 5.41) is 3.50. The van der Waals surface area contributed by atoms with Crippen LogP contribution in [0.3, 0.4) is 0 Å². The molecule has 1 N–H and O–H groups in total. The first-order chi connectivity index (χ1) is 11.8. The predicted molar refractivity (Wildman–Crippen MR) is 89.4 cm³/mol. The van der Waals surface area contributed by atoms with Crippen molar-refractivity contribution in [2.75, 3.05) is 31.2 Å². The van der Waals surface area contributed by atoms with Crippen LogP contribution in [0.4, 0.5) is 10.3 Å². The van der Waals surface area contributed by atoms with E-state index in [1.807, 2.05) is 18.5 Å². The van der Waals surface area contributed by atoms with E-state index in [9.17, 15) is 4.39 Å². The smallest absolute Gasteiger partial charge is 0.225 e. The Bertz CT molecular complexity index is 701. The largest absolute Gasteiger partial charge is 0.378 e. The minimum Gasteiger partial charge on any atom is -0.378 e. The molecule has 24 heavy (non-hydrogen) atoms. The van der Waals surface area contributed by atoms with E-state index >= 15 is 0 Å². The average Bonchev–Trinajstić information content (AvgIpc) is 3.06. The van der Waals surface area contributed by atoms with Gasteiger partial charge in [0, 0.05) is 43.6 Å². The molecule has 6 heteroatoms. The van der Waals surface area contributed by atoms with Crippen LogP contribution in [-0.2, 0) is 17.7 Å². The zero-order valence-corrected chi connectivity index (χ0v) is 13.5. The molecule has 126 valence electrons. The monoisotopic (exact) mass is 328 g/mol. The number of ether oxygens (including phenoxy) is 1. The molecule has 5 nitrogen and oxygen atoms in total. The summed E-state index contributed by atoms with van der Waals surface area (Å²) in [6.45, 7) is 3.81. The number of rotatable bonds is 4. The Balaban J connectivity index is 1.38. The van der Waals surface area contributed by atoms with Crippen LogP contribution < -0.4 is 10.2 Å². The van der Waals surface area contributed by atoms with Gasteiger partial charge in [-0.1, -0.05) is 12.1 Å². The molecule has 2 aliphatic rings. The Morgan fingerprint density at radius 2 is 2.00 bits per heavy atom. The molecule has 1 aliphatic heterocycles. The van der Waals surface area contributed by atoms with E-state index in [4.69, 9.17) is 4.74 Å². The second kappa shape index (κ2) is 6.83. The van der Waals surface area contributed by atoms with Gasteiger partial charge in [0.1, 0.15) is 5.82 Å². The van der Waals surface area contributed by atoms with E-state index < -0.39 is 0 Å². The van der Waals surface area contributed by atoms with Crippen LogP contribution in [0.2, 0.25) is 0 Å². The third-order valence-corrected chi connectivity index (χ3v) is 4.75. The van der Waals surface area contributed by atoms with E-state index in [1.165, 1.54) is 0 Å². The Morgan fingerprint density at radius 3 is 2.79 bits per heavy atom. The summed E-state index contributed by atoms with van der Waals surface area (Å²) in [7, 11) is 0. The van der Waals surface area contributed by atoms with Crippen LogP contribution in [-0.4, -0.2) is 36.3 Å². The number of hydrogen-bond acceptors (Lipinski definition) is 5. The highest BCUT2D eigenvalue weighted by Gasteiger charge is 2.24. The van der Waals surface area contributed by atoms with E-state index in [-0.39, 0.29) is 11.9 Å². The molecule has 2 aromatic rings. The molecule has 1 aromatic heterocycles. The van der Waals surface area contributed by atoms with Crippen molar-refractivity contribution in [3.8, 4) is 0 Å². The normalized spacial score (nSPS) is 20.2. The fourth-order valence-corrected chi connectivity index (χ4v) is 3.43. The van der Waals surface area contributed by atoms with Gasteiger partial charge in [0.05, 0.1) is 13.2 Å². The first-order valence-electron chi connectivity index (χ1n) is 8.45. The molecule has 1 saturated heterocycles. The molecule has 0 spiro atoms. The lowest BCUT2D eigenvalue weighted by atomic mass is 10.1. The maximum atomic E-state index is 13.8.